The molecule has 5 aromatic rings. The molecule has 0 aromatic heterocycles. The molecule has 1 unspecified atom stereocenters. The molecule has 0 fully saturated rings. The number of anilines is 2. The van der Waals surface area contributed by atoms with Gasteiger partial charge in [-0.05, 0) is 91.7 Å². The van der Waals surface area contributed by atoms with E-state index in [0.29, 0.717) is 23.5 Å². The van der Waals surface area contributed by atoms with Gasteiger partial charge in [0.2, 0.25) is 5.91 Å². The SMILES string of the molecule is CCOc1ccc(NC(=O)C(Sc2ccc(NC(=O)/C(=C/c3cccc(C)c3)NC(=O)c3ccccc3)cc2)c2ccccc2)cc1. The van der Waals surface area contributed by atoms with Crippen LogP contribution in [0.1, 0.15) is 39.2 Å². The van der Waals surface area contributed by atoms with Crippen molar-refractivity contribution >= 4 is 46.9 Å². The van der Waals surface area contributed by atoms with Crippen molar-refractivity contribution in [2.45, 2.75) is 24.0 Å². The van der Waals surface area contributed by atoms with E-state index in [4.69, 9.17) is 4.74 Å². The first-order valence-corrected chi connectivity index (χ1v) is 16.1. The van der Waals surface area contributed by atoms with Gasteiger partial charge in [-0.25, -0.2) is 0 Å². The van der Waals surface area contributed by atoms with Gasteiger partial charge in [0.05, 0.1) is 6.61 Å². The lowest BCUT2D eigenvalue weighted by Gasteiger charge is -2.18. The summed E-state index contributed by atoms with van der Waals surface area (Å²) in [7, 11) is 0. The molecule has 7 nitrogen and oxygen atoms in total. The molecule has 5 aromatic carbocycles. The van der Waals surface area contributed by atoms with Crippen molar-refractivity contribution in [2.75, 3.05) is 17.2 Å². The Morgan fingerprint density at radius 3 is 2.04 bits per heavy atom. The fourth-order valence-electron chi connectivity index (χ4n) is 4.73. The van der Waals surface area contributed by atoms with Gasteiger partial charge in [0.25, 0.3) is 11.8 Å². The van der Waals surface area contributed by atoms with Crippen LogP contribution in [0.25, 0.3) is 6.08 Å². The lowest BCUT2D eigenvalue weighted by atomic mass is 10.1. The lowest BCUT2D eigenvalue weighted by Crippen LogP contribution is -2.30. The molecule has 0 saturated heterocycles. The van der Waals surface area contributed by atoms with Crippen LogP contribution in [0.15, 0.2) is 144 Å². The Bertz CT molecular complexity index is 1840. The maximum absolute atomic E-state index is 13.5. The van der Waals surface area contributed by atoms with Crippen LogP contribution in [0.3, 0.4) is 0 Å². The van der Waals surface area contributed by atoms with Gasteiger partial charge in [-0.15, -0.1) is 11.8 Å². The summed E-state index contributed by atoms with van der Waals surface area (Å²) >= 11 is 1.41. The van der Waals surface area contributed by atoms with Crippen LogP contribution in [0.5, 0.6) is 5.75 Å². The van der Waals surface area contributed by atoms with E-state index in [1.807, 2.05) is 111 Å². The summed E-state index contributed by atoms with van der Waals surface area (Å²) in [5.41, 5.74) is 4.44. The van der Waals surface area contributed by atoms with Crippen LogP contribution in [-0.4, -0.2) is 24.3 Å². The van der Waals surface area contributed by atoms with E-state index in [9.17, 15) is 14.4 Å². The molecule has 0 spiro atoms. The zero-order valence-corrected chi connectivity index (χ0v) is 26.9. The summed E-state index contributed by atoms with van der Waals surface area (Å²) in [6, 6.07) is 40.5. The number of hydrogen-bond acceptors (Lipinski definition) is 5. The Hall–Kier alpha value is -5.60. The van der Waals surface area contributed by atoms with Crippen LogP contribution in [-0.2, 0) is 9.59 Å². The van der Waals surface area contributed by atoms with Gasteiger partial charge in [-0.2, -0.15) is 0 Å². The first kappa shape index (κ1) is 32.8. The molecule has 0 aliphatic rings. The van der Waals surface area contributed by atoms with Gasteiger partial charge < -0.3 is 20.7 Å². The number of hydrogen-bond donors (Lipinski definition) is 3. The first-order valence-electron chi connectivity index (χ1n) is 15.2. The minimum atomic E-state index is -0.528. The third kappa shape index (κ3) is 9.45. The molecule has 0 heterocycles. The summed E-state index contributed by atoms with van der Waals surface area (Å²) in [5, 5.41) is 8.16. The number of ether oxygens (including phenoxy) is 1. The van der Waals surface area contributed by atoms with Crippen molar-refractivity contribution in [1.29, 1.82) is 0 Å². The van der Waals surface area contributed by atoms with Crippen molar-refractivity contribution in [3.8, 4) is 5.75 Å². The van der Waals surface area contributed by atoms with E-state index in [1.54, 1.807) is 42.5 Å². The maximum Gasteiger partial charge on any atom is 0.272 e. The molecule has 0 radical (unpaired) electrons. The quantitative estimate of drug-likeness (QED) is 0.0941. The second-order valence-corrected chi connectivity index (χ2v) is 11.8. The second-order valence-electron chi connectivity index (χ2n) is 10.6. The highest BCUT2D eigenvalue weighted by Gasteiger charge is 2.23. The van der Waals surface area contributed by atoms with Gasteiger partial charge in [0, 0.05) is 21.8 Å². The largest absolute Gasteiger partial charge is 0.494 e. The number of aryl methyl sites for hydroxylation is 1. The van der Waals surface area contributed by atoms with Gasteiger partial charge in [0.1, 0.15) is 16.7 Å². The van der Waals surface area contributed by atoms with Crippen LogP contribution in [0.4, 0.5) is 11.4 Å². The third-order valence-electron chi connectivity index (χ3n) is 7.02. The smallest absolute Gasteiger partial charge is 0.272 e. The van der Waals surface area contributed by atoms with Gasteiger partial charge in [-0.1, -0.05) is 78.4 Å². The number of thioether (sulfide) groups is 1. The summed E-state index contributed by atoms with van der Waals surface area (Å²) in [4.78, 5) is 40.8. The minimum absolute atomic E-state index is 0.109. The molecule has 5 rings (SSSR count). The van der Waals surface area contributed by atoms with E-state index in [0.717, 1.165) is 27.3 Å². The maximum atomic E-state index is 13.5. The zero-order chi connectivity index (χ0) is 33.0. The summed E-state index contributed by atoms with van der Waals surface area (Å²) < 4.78 is 5.51. The van der Waals surface area contributed by atoms with Crippen molar-refractivity contribution in [3.63, 3.8) is 0 Å². The number of carbonyl (C=O) groups excluding carboxylic acids is 3. The van der Waals surface area contributed by atoms with E-state index < -0.39 is 11.2 Å². The molecule has 8 heteroatoms. The summed E-state index contributed by atoms with van der Waals surface area (Å²) in [6.45, 7) is 4.45. The lowest BCUT2D eigenvalue weighted by molar-refractivity contribution is -0.116. The number of nitrogens with one attached hydrogen (secondary N) is 3. The minimum Gasteiger partial charge on any atom is -0.494 e. The zero-order valence-electron chi connectivity index (χ0n) is 26.1. The molecular formula is C39H35N3O4S. The molecule has 0 bridgehead atoms. The molecule has 3 amide bonds. The van der Waals surface area contributed by atoms with Crippen molar-refractivity contribution in [3.05, 3.63) is 161 Å². The number of benzene rings is 5. The predicted octanol–water partition coefficient (Wildman–Crippen LogP) is 8.28. The fourth-order valence-corrected chi connectivity index (χ4v) is 5.75. The van der Waals surface area contributed by atoms with Crippen molar-refractivity contribution in [2.24, 2.45) is 0 Å². The Kier molecular flexibility index (Phi) is 11.2. The monoisotopic (exact) mass is 641 g/mol. The number of rotatable bonds is 12. The molecule has 236 valence electrons. The van der Waals surface area contributed by atoms with Gasteiger partial charge in [0.15, 0.2) is 0 Å². The molecule has 47 heavy (non-hydrogen) atoms. The average molecular weight is 642 g/mol. The Morgan fingerprint density at radius 1 is 0.745 bits per heavy atom. The van der Waals surface area contributed by atoms with Crippen molar-refractivity contribution < 1.29 is 19.1 Å². The highest BCUT2D eigenvalue weighted by Crippen LogP contribution is 2.37. The molecule has 1 atom stereocenters. The van der Waals surface area contributed by atoms with Crippen LogP contribution in [0.2, 0.25) is 0 Å². The molecule has 3 N–H and O–H groups in total. The standard InChI is InChI=1S/C39H35N3O4S/c1-3-46-33-21-17-31(18-22-33)41-39(45)36(29-13-6-4-7-14-29)47-34-23-19-32(20-24-34)40-38(44)35(26-28-12-10-11-27(2)25-28)42-37(43)30-15-8-5-9-16-30/h4-26,36H,3H2,1-2H3,(H,40,44)(H,41,45)(H,42,43)/b35-26-. The Balaban J connectivity index is 1.31. The molecular weight excluding hydrogens is 607 g/mol. The Morgan fingerprint density at radius 2 is 1.38 bits per heavy atom. The van der Waals surface area contributed by atoms with Crippen LogP contribution in [0, 0.1) is 6.92 Å². The normalized spacial score (nSPS) is 11.7. The van der Waals surface area contributed by atoms with E-state index >= 15 is 0 Å². The summed E-state index contributed by atoms with van der Waals surface area (Å²) in [6.07, 6.45) is 1.65. The average Bonchev–Trinajstić information content (AvgIpc) is 3.09. The van der Waals surface area contributed by atoms with E-state index in [-0.39, 0.29) is 17.5 Å². The number of amides is 3. The number of carbonyl (C=O) groups is 3. The van der Waals surface area contributed by atoms with E-state index in [2.05, 4.69) is 16.0 Å². The fraction of sp³-hybridized carbons (Fsp3) is 0.103. The molecule has 0 saturated carbocycles. The van der Waals surface area contributed by atoms with Gasteiger partial charge >= 0.3 is 0 Å². The molecule has 0 aliphatic heterocycles. The Labute approximate surface area is 279 Å². The van der Waals surface area contributed by atoms with Crippen molar-refractivity contribution in [1.82, 2.24) is 5.32 Å². The molecule has 0 aliphatic carbocycles. The second kappa shape index (κ2) is 16.1. The summed E-state index contributed by atoms with van der Waals surface area (Å²) in [5.74, 6) is -0.277. The topological polar surface area (TPSA) is 96.5 Å². The highest BCUT2D eigenvalue weighted by atomic mass is 32.2. The van der Waals surface area contributed by atoms with Crippen LogP contribution < -0.4 is 20.7 Å². The van der Waals surface area contributed by atoms with Gasteiger partial charge in [-0.3, -0.25) is 14.4 Å². The van der Waals surface area contributed by atoms with E-state index in [1.165, 1.54) is 11.8 Å². The predicted molar refractivity (Wildman–Crippen MR) is 189 cm³/mol. The van der Waals surface area contributed by atoms with Crippen LogP contribution >= 0.6 is 11.8 Å². The first-order chi connectivity index (χ1) is 22.9. The highest BCUT2D eigenvalue weighted by molar-refractivity contribution is 8.00. The third-order valence-corrected chi connectivity index (χ3v) is 8.29.